The van der Waals surface area contributed by atoms with Gasteiger partial charge in [-0.15, -0.1) is 0 Å². The summed E-state index contributed by atoms with van der Waals surface area (Å²) in [4.78, 5) is 33.9. The standard InChI is InChI=1S/C10H15N2O11PS/c13-6-1-2-12(10(16)11-6)9-8(15)7(14)5(23-9)3-22-24(17,18)4-25(19,20)21/h1-2,5,7-9,14-15H,3-4H2,(H,17,18)(H,11,13,16)(H,19,20,21)/t5-,7-,8-,9-/m1/s1. The lowest BCUT2D eigenvalue weighted by Crippen LogP contribution is -2.37. The molecule has 0 bridgehead atoms. The molecular weight excluding hydrogens is 387 g/mol. The second-order valence-electron chi connectivity index (χ2n) is 5.21. The van der Waals surface area contributed by atoms with Crippen molar-refractivity contribution in [1.82, 2.24) is 9.55 Å². The summed E-state index contributed by atoms with van der Waals surface area (Å²) in [5.74, 6) is 0. The molecule has 142 valence electrons. The lowest BCUT2D eigenvalue weighted by atomic mass is 10.1. The van der Waals surface area contributed by atoms with Gasteiger partial charge in [0.15, 0.2) is 11.7 Å². The molecule has 1 aromatic rings. The number of nitrogens with one attached hydrogen (secondary N) is 1. The molecule has 0 aliphatic carbocycles. The van der Waals surface area contributed by atoms with Crippen LogP contribution in [0.2, 0.25) is 0 Å². The van der Waals surface area contributed by atoms with Gasteiger partial charge >= 0.3 is 13.3 Å². The summed E-state index contributed by atoms with van der Waals surface area (Å²) in [5, 5.41) is 19.8. The van der Waals surface area contributed by atoms with Crippen molar-refractivity contribution in [2.75, 3.05) is 12.1 Å². The number of aromatic nitrogens is 2. The van der Waals surface area contributed by atoms with Gasteiger partial charge < -0.3 is 24.4 Å². The van der Waals surface area contributed by atoms with Crippen LogP contribution in [0.5, 0.6) is 0 Å². The van der Waals surface area contributed by atoms with Gasteiger partial charge in [-0.3, -0.25) is 23.5 Å². The monoisotopic (exact) mass is 402 g/mol. The van der Waals surface area contributed by atoms with Crippen molar-refractivity contribution < 1.29 is 41.9 Å². The third-order valence-corrected chi connectivity index (χ3v) is 6.39. The minimum Gasteiger partial charge on any atom is -0.387 e. The summed E-state index contributed by atoms with van der Waals surface area (Å²) in [6, 6.07) is 0.974. The summed E-state index contributed by atoms with van der Waals surface area (Å²) >= 11 is 0. The quantitative estimate of drug-likeness (QED) is 0.243. The highest BCUT2D eigenvalue weighted by atomic mass is 32.2. The minimum atomic E-state index is -4.79. The fraction of sp³-hybridized carbons (Fsp3) is 0.600. The van der Waals surface area contributed by atoms with Crippen LogP contribution in [0.3, 0.4) is 0 Å². The zero-order valence-corrected chi connectivity index (χ0v) is 14.0. The topological polar surface area (TPSA) is 205 Å². The molecule has 0 radical (unpaired) electrons. The predicted octanol–water partition coefficient (Wildman–Crippen LogP) is -2.80. The van der Waals surface area contributed by atoms with E-state index in [2.05, 4.69) is 4.52 Å². The first-order valence-electron chi connectivity index (χ1n) is 6.64. The molecule has 2 heterocycles. The van der Waals surface area contributed by atoms with E-state index in [4.69, 9.17) is 9.29 Å². The zero-order valence-electron chi connectivity index (χ0n) is 12.3. The Morgan fingerprint density at radius 3 is 2.52 bits per heavy atom. The molecule has 0 aromatic carbocycles. The molecule has 1 saturated heterocycles. The van der Waals surface area contributed by atoms with Crippen molar-refractivity contribution in [2.45, 2.75) is 24.5 Å². The van der Waals surface area contributed by atoms with Crippen molar-refractivity contribution in [3.63, 3.8) is 0 Å². The van der Waals surface area contributed by atoms with Crippen LogP contribution in [0.15, 0.2) is 21.9 Å². The Labute approximate surface area is 139 Å². The second-order valence-corrected chi connectivity index (χ2v) is 8.94. The van der Waals surface area contributed by atoms with Crippen molar-refractivity contribution in [1.29, 1.82) is 0 Å². The van der Waals surface area contributed by atoms with Crippen LogP contribution in [0.1, 0.15) is 6.23 Å². The van der Waals surface area contributed by atoms with Crippen molar-refractivity contribution in [3.05, 3.63) is 33.1 Å². The largest absolute Gasteiger partial charge is 0.387 e. The summed E-state index contributed by atoms with van der Waals surface area (Å²) in [5.41, 5.74) is -3.18. The average Bonchev–Trinajstić information content (AvgIpc) is 2.71. The maximum atomic E-state index is 11.7. The normalized spacial score (nSPS) is 29.4. The third-order valence-electron chi connectivity index (χ3n) is 3.23. The smallest absolute Gasteiger partial charge is 0.345 e. The Hall–Kier alpha value is -1.38. The molecule has 1 aliphatic heterocycles. The highest BCUT2D eigenvalue weighted by molar-refractivity contribution is 7.92. The van der Waals surface area contributed by atoms with Crippen LogP contribution in [0.4, 0.5) is 0 Å². The van der Waals surface area contributed by atoms with E-state index in [9.17, 15) is 37.7 Å². The van der Waals surface area contributed by atoms with Crippen LogP contribution >= 0.6 is 7.60 Å². The van der Waals surface area contributed by atoms with Gasteiger partial charge in [0.1, 0.15) is 18.3 Å². The minimum absolute atomic E-state index is 0.694. The van der Waals surface area contributed by atoms with Crippen molar-refractivity contribution in [2.24, 2.45) is 0 Å². The predicted molar refractivity (Wildman–Crippen MR) is 79.4 cm³/mol. The Balaban J connectivity index is 2.11. The fourth-order valence-electron chi connectivity index (χ4n) is 2.16. The zero-order chi connectivity index (χ0) is 19.0. The van der Waals surface area contributed by atoms with E-state index in [0.717, 1.165) is 16.8 Å². The van der Waals surface area contributed by atoms with Crippen molar-refractivity contribution in [3.8, 4) is 0 Å². The molecule has 1 unspecified atom stereocenters. The number of hydrogen-bond donors (Lipinski definition) is 5. The number of hydrogen-bond acceptors (Lipinski definition) is 9. The van der Waals surface area contributed by atoms with E-state index in [0.29, 0.717) is 0 Å². The van der Waals surface area contributed by atoms with Crippen LogP contribution in [0.25, 0.3) is 0 Å². The molecule has 0 spiro atoms. The molecule has 1 aromatic heterocycles. The number of aromatic amines is 1. The summed E-state index contributed by atoms with van der Waals surface area (Å²) in [6.07, 6.45) is -5.08. The number of aliphatic hydroxyl groups excluding tert-OH is 2. The Kier molecular flexibility index (Phi) is 5.65. The molecule has 0 saturated carbocycles. The molecule has 2 rings (SSSR count). The van der Waals surface area contributed by atoms with Crippen LogP contribution in [-0.2, 0) is 23.9 Å². The molecule has 0 amide bonds. The second kappa shape index (κ2) is 7.09. The van der Waals surface area contributed by atoms with Gasteiger partial charge in [-0.2, -0.15) is 8.42 Å². The summed E-state index contributed by atoms with van der Waals surface area (Å²) in [7, 11) is -9.53. The Bertz CT molecular complexity index is 893. The average molecular weight is 402 g/mol. The molecule has 5 atom stereocenters. The van der Waals surface area contributed by atoms with Gasteiger partial charge in [0.2, 0.25) is 0 Å². The van der Waals surface area contributed by atoms with Crippen LogP contribution in [-0.4, -0.2) is 68.0 Å². The van der Waals surface area contributed by atoms with E-state index in [-0.39, 0.29) is 0 Å². The summed E-state index contributed by atoms with van der Waals surface area (Å²) in [6.45, 7) is -0.809. The fourth-order valence-corrected chi connectivity index (χ4v) is 4.49. The van der Waals surface area contributed by atoms with Crippen LogP contribution < -0.4 is 11.2 Å². The van der Waals surface area contributed by atoms with Gasteiger partial charge in [-0.25, -0.2) is 4.79 Å². The number of aliphatic hydroxyl groups is 2. The maximum absolute atomic E-state index is 11.7. The van der Waals surface area contributed by atoms with Gasteiger partial charge in [-0.05, 0) is 0 Å². The Morgan fingerprint density at radius 2 is 1.96 bits per heavy atom. The molecular formula is C10H15N2O11PS. The Morgan fingerprint density at radius 1 is 1.32 bits per heavy atom. The third kappa shape index (κ3) is 5.05. The van der Waals surface area contributed by atoms with E-state index < -0.39 is 65.6 Å². The van der Waals surface area contributed by atoms with Crippen LogP contribution in [0, 0.1) is 0 Å². The SMILES string of the molecule is O=c1ccn([C@@H]2O[C@H](COP(=O)(O)CS(=O)(=O)O)[C@@H](O)[C@H]2O)c(=O)[nH]1. The van der Waals surface area contributed by atoms with E-state index in [1.54, 1.807) is 0 Å². The van der Waals surface area contributed by atoms with E-state index in [1.165, 1.54) is 0 Å². The van der Waals surface area contributed by atoms with E-state index >= 15 is 0 Å². The lowest BCUT2D eigenvalue weighted by Gasteiger charge is -2.17. The molecule has 1 aliphatic rings. The van der Waals surface area contributed by atoms with Gasteiger partial charge in [0.05, 0.1) is 6.61 Å². The van der Waals surface area contributed by atoms with Gasteiger partial charge in [-0.1, -0.05) is 0 Å². The molecule has 5 N–H and O–H groups in total. The lowest BCUT2D eigenvalue weighted by molar-refractivity contribution is -0.0524. The number of ether oxygens (including phenoxy) is 1. The maximum Gasteiger partial charge on any atom is 0.345 e. The first-order chi connectivity index (χ1) is 11.4. The van der Waals surface area contributed by atoms with E-state index in [1.807, 2.05) is 4.98 Å². The number of H-pyrrole nitrogens is 1. The highest BCUT2D eigenvalue weighted by Crippen LogP contribution is 2.44. The summed E-state index contributed by atoms with van der Waals surface area (Å²) < 4.78 is 51.8. The van der Waals surface area contributed by atoms with Crippen molar-refractivity contribution >= 4 is 17.7 Å². The molecule has 1 fully saturated rings. The number of rotatable bonds is 6. The molecule has 15 heteroatoms. The molecule has 13 nitrogen and oxygen atoms in total. The number of nitrogens with zero attached hydrogens (tertiary/aromatic N) is 1. The highest BCUT2D eigenvalue weighted by Gasteiger charge is 2.45. The first-order valence-corrected chi connectivity index (χ1v) is 10.0. The van der Waals surface area contributed by atoms with Gasteiger partial charge in [0, 0.05) is 12.3 Å². The van der Waals surface area contributed by atoms with Gasteiger partial charge in [0.25, 0.3) is 15.7 Å². The first kappa shape index (κ1) is 19.9. The molecule has 25 heavy (non-hydrogen) atoms.